The van der Waals surface area contributed by atoms with Gasteiger partial charge in [-0.3, -0.25) is 14.5 Å². The fourth-order valence-electron chi connectivity index (χ4n) is 3.85. The Morgan fingerprint density at radius 2 is 1.86 bits per heavy atom. The SMILES string of the molecule is C=CCc1cc(/C=C2/SC(=O)N(Cc3ccccc3C#N)C2=O)cc(OC)c1OCc1ccc(Cl)cc1. The first-order valence-electron chi connectivity index (χ1n) is 11.4. The van der Waals surface area contributed by atoms with Gasteiger partial charge in [-0.05, 0) is 71.3 Å². The van der Waals surface area contributed by atoms with Crippen molar-refractivity contribution >= 4 is 40.6 Å². The van der Waals surface area contributed by atoms with E-state index < -0.39 is 5.91 Å². The molecule has 3 aromatic rings. The van der Waals surface area contributed by atoms with Crippen molar-refractivity contribution in [3.05, 3.63) is 111 Å². The highest BCUT2D eigenvalue weighted by molar-refractivity contribution is 8.18. The first-order valence-corrected chi connectivity index (χ1v) is 12.6. The van der Waals surface area contributed by atoms with Crippen molar-refractivity contribution in [2.24, 2.45) is 0 Å². The topological polar surface area (TPSA) is 79.6 Å². The average molecular weight is 531 g/mol. The lowest BCUT2D eigenvalue weighted by Gasteiger charge is -2.16. The number of amides is 2. The summed E-state index contributed by atoms with van der Waals surface area (Å²) in [7, 11) is 1.55. The van der Waals surface area contributed by atoms with E-state index in [1.54, 1.807) is 61.7 Å². The van der Waals surface area contributed by atoms with Gasteiger partial charge in [-0.15, -0.1) is 6.58 Å². The number of ether oxygens (including phenoxy) is 2. The number of methoxy groups -OCH3 is 1. The fourth-order valence-corrected chi connectivity index (χ4v) is 4.82. The molecule has 1 heterocycles. The fraction of sp³-hybridized carbons (Fsp3) is 0.138. The van der Waals surface area contributed by atoms with E-state index in [-0.39, 0.29) is 11.8 Å². The third kappa shape index (κ3) is 6.05. The number of hydrogen-bond donors (Lipinski definition) is 0. The molecular weight excluding hydrogens is 508 g/mol. The van der Waals surface area contributed by atoms with E-state index in [0.29, 0.717) is 51.1 Å². The number of halogens is 1. The zero-order valence-electron chi connectivity index (χ0n) is 20.1. The Kier molecular flexibility index (Phi) is 8.34. The predicted octanol–water partition coefficient (Wildman–Crippen LogP) is 6.76. The minimum absolute atomic E-state index is 0.0360. The molecule has 6 nitrogen and oxygen atoms in total. The third-order valence-corrected chi connectivity index (χ3v) is 6.83. The molecule has 0 radical (unpaired) electrons. The molecule has 1 aliphatic heterocycles. The highest BCUT2D eigenvalue weighted by Gasteiger charge is 2.35. The Balaban J connectivity index is 1.60. The average Bonchev–Trinajstić information content (AvgIpc) is 3.16. The van der Waals surface area contributed by atoms with Crippen LogP contribution >= 0.6 is 23.4 Å². The minimum Gasteiger partial charge on any atom is -0.493 e. The first-order chi connectivity index (χ1) is 17.9. The monoisotopic (exact) mass is 530 g/mol. The van der Waals surface area contributed by atoms with Gasteiger partial charge in [0.15, 0.2) is 11.5 Å². The second kappa shape index (κ2) is 11.8. The molecule has 2 amide bonds. The summed E-state index contributed by atoms with van der Waals surface area (Å²) in [5, 5.41) is 9.60. The number of benzene rings is 3. The lowest BCUT2D eigenvalue weighted by Crippen LogP contribution is -2.27. The van der Waals surface area contributed by atoms with E-state index in [0.717, 1.165) is 27.8 Å². The summed E-state index contributed by atoms with van der Waals surface area (Å²) in [5.41, 5.74) is 3.52. The molecule has 8 heteroatoms. The molecule has 0 atom stereocenters. The van der Waals surface area contributed by atoms with Crippen molar-refractivity contribution in [3.63, 3.8) is 0 Å². The summed E-state index contributed by atoms with van der Waals surface area (Å²) >= 11 is 6.84. The number of hydrogen-bond acceptors (Lipinski definition) is 6. The quantitative estimate of drug-likeness (QED) is 0.224. The molecule has 4 rings (SSSR count). The Labute approximate surface area is 224 Å². The Hall–Kier alpha value is -3.99. The second-order valence-corrected chi connectivity index (χ2v) is 9.59. The number of nitrogens with zero attached hydrogens (tertiary/aromatic N) is 2. The van der Waals surface area contributed by atoms with E-state index in [1.165, 1.54) is 0 Å². The number of thioether (sulfide) groups is 1. The van der Waals surface area contributed by atoms with E-state index >= 15 is 0 Å². The molecule has 0 aromatic heterocycles. The molecule has 0 aliphatic carbocycles. The van der Waals surface area contributed by atoms with Gasteiger partial charge in [0.05, 0.1) is 30.2 Å². The van der Waals surface area contributed by atoms with Gasteiger partial charge in [0.25, 0.3) is 11.1 Å². The summed E-state index contributed by atoms with van der Waals surface area (Å²) in [4.78, 5) is 27.2. The van der Waals surface area contributed by atoms with E-state index in [1.807, 2.05) is 18.2 Å². The van der Waals surface area contributed by atoms with Gasteiger partial charge in [0.1, 0.15) is 6.61 Å². The van der Waals surface area contributed by atoms with Crippen LogP contribution in [0, 0.1) is 11.3 Å². The lowest BCUT2D eigenvalue weighted by atomic mass is 10.0. The number of imide groups is 1. The number of allylic oxidation sites excluding steroid dienone is 1. The molecule has 0 spiro atoms. The largest absolute Gasteiger partial charge is 0.493 e. The maximum atomic E-state index is 13.1. The minimum atomic E-state index is -0.407. The summed E-state index contributed by atoms with van der Waals surface area (Å²) in [6.45, 7) is 4.20. The van der Waals surface area contributed by atoms with Gasteiger partial charge in [-0.2, -0.15) is 5.26 Å². The van der Waals surface area contributed by atoms with Crippen LogP contribution in [0.5, 0.6) is 11.5 Å². The summed E-state index contributed by atoms with van der Waals surface area (Å²) < 4.78 is 11.7. The van der Waals surface area contributed by atoms with E-state index in [2.05, 4.69) is 12.6 Å². The van der Waals surface area contributed by atoms with Gasteiger partial charge < -0.3 is 9.47 Å². The molecule has 186 valence electrons. The van der Waals surface area contributed by atoms with Crippen LogP contribution in [-0.2, 0) is 24.4 Å². The van der Waals surface area contributed by atoms with Crippen LogP contribution in [0.15, 0.2) is 78.2 Å². The van der Waals surface area contributed by atoms with E-state index in [4.69, 9.17) is 21.1 Å². The van der Waals surface area contributed by atoms with Crippen LogP contribution < -0.4 is 9.47 Å². The Bertz CT molecular complexity index is 1430. The molecule has 3 aromatic carbocycles. The lowest BCUT2D eigenvalue weighted by molar-refractivity contribution is -0.123. The van der Waals surface area contributed by atoms with Gasteiger partial charge in [0, 0.05) is 10.6 Å². The smallest absolute Gasteiger partial charge is 0.293 e. The molecule has 1 aliphatic rings. The zero-order valence-corrected chi connectivity index (χ0v) is 21.6. The highest BCUT2D eigenvalue weighted by Crippen LogP contribution is 2.38. The normalized spacial score (nSPS) is 14.1. The predicted molar refractivity (Wildman–Crippen MR) is 145 cm³/mol. The van der Waals surface area contributed by atoms with Gasteiger partial charge in [-0.1, -0.05) is 48.0 Å². The standard InChI is InChI=1S/C29H23ClN2O4S/c1-3-6-21-13-20(14-25(35-2)27(21)36-18-19-9-11-24(30)12-10-19)15-26-28(33)32(29(34)37-26)17-23-8-5-4-7-22(23)16-31/h3-5,7-15H,1,6,17-18H2,2H3/b26-15+. The zero-order chi connectivity index (χ0) is 26.4. The number of carbonyl (C=O) groups is 2. The van der Waals surface area contributed by atoms with Crippen molar-refractivity contribution < 1.29 is 19.1 Å². The summed E-state index contributed by atoms with van der Waals surface area (Å²) in [6.07, 6.45) is 3.94. The van der Waals surface area contributed by atoms with Crippen LogP contribution in [-0.4, -0.2) is 23.2 Å². The highest BCUT2D eigenvalue weighted by atomic mass is 35.5. The van der Waals surface area contributed by atoms with Crippen LogP contribution in [0.2, 0.25) is 5.02 Å². The molecule has 0 saturated carbocycles. The van der Waals surface area contributed by atoms with Crippen molar-refractivity contribution in [2.75, 3.05) is 7.11 Å². The van der Waals surface area contributed by atoms with Crippen molar-refractivity contribution in [1.82, 2.24) is 4.90 Å². The molecule has 1 saturated heterocycles. The molecule has 0 bridgehead atoms. The summed E-state index contributed by atoms with van der Waals surface area (Å²) in [5.74, 6) is 0.674. The maximum Gasteiger partial charge on any atom is 0.293 e. The molecule has 37 heavy (non-hydrogen) atoms. The van der Waals surface area contributed by atoms with Gasteiger partial charge in [-0.25, -0.2) is 0 Å². The van der Waals surface area contributed by atoms with E-state index in [9.17, 15) is 14.9 Å². The molecule has 0 unspecified atom stereocenters. The number of nitriles is 1. The van der Waals surface area contributed by atoms with Gasteiger partial charge >= 0.3 is 0 Å². The molecular formula is C29H23ClN2O4S. The molecule has 1 fully saturated rings. The van der Waals surface area contributed by atoms with Crippen LogP contribution in [0.25, 0.3) is 6.08 Å². The molecule has 0 N–H and O–H groups in total. The van der Waals surface area contributed by atoms with Crippen molar-refractivity contribution in [1.29, 1.82) is 5.26 Å². The Morgan fingerprint density at radius 3 is 2.57 bits per heavy atom. The van der Waals surface area contributed by atoms with Crippen LogP contribution in [0.3, 0.4) is 0 Å². The Morgan fingerprint density at radius 1 is 1.11 bits per heavy atom. The third-order valence-electron chi connectivity index (χ3n) is 5.67. The number of carbonyl (C=O) groups excluding carboxylic acids is 2. The van der Waals surface area contributed by atoms with Crippen LogP contribution in [0.4, 0.5) is 4.79 Å². The first kappa shape index (κ1) is 26.1. The van der Waals surface area contributed by atoms with Crippen molar-refractivity contribution in [3.8, 4) is 17.6 Å². The summed E-state index contributed by atoms with van der Waals surface area (Å²) in [6, 6.07) is 20.1. The maximum absolute atomic E-state index is 13.1. The second-order valence-electron chi connectivity index (χ2n) is 8.16. The number of rotatable bonds is 9. The van der Waals surface area contributed by atoms with Gasteiger partial charge in [0.2, 0.25) is 0 Å². The van der Waals surface area contributed by atoms with Crippen molar-refractivity contribution in [2.45, 2.75) is 19.6 Å². The van der Waals surface area contributed by atoms with Crippen LogP contribution in [0.1, 0.15) is 27.8 Å².